The summed E-state index contributed by atoms with van der Waals surface area (Å²) < 4.78 is 11.8. The minimum atomic E-state index is -0.658. The summed E-state index contributed by atoms with van der Waals surface area (Å²) in [6, 6.07) is 17.2. The number of nitro benzene ring substituents is 1. The van der Waals surface area contributed by atoms with E-state index in [4.69, 9.17) is 9.47 Å². The minimum Gasteiger partial charge on any atom is -0.495 e. The van der Waals surface area contributed by atoms with E-state index in [1.807, 2.05) is 6.92 Å². The quantitative estimate of drug-likeness (QED) is 0.327. The van der Waals surface area contributed by atoms with Crippen LogP contribution in [0.2, 0.25) is 0 Å². The normalized spacial score (nSPS) is 10.6. The number of nitrogens with one attached hydrogen (secondary N) is 1. The summed E-state index contributed by atoms with van der Waals surface area (Å²) in [5.41, 5.74) is -0.0947. The summed E-state index contributed by atoms with van der Waals surface area (Å²) >= 11 is 0. The maximum Gasteiger partial charge on any atom is 0.279 e. The fourth-order valence-electron chi connectivity index (χ4n) is 3.47. The van der Waals surface area contributed by atoms with Gasteiger partial charge in [0.25, 0.3) is 17.2 Å². The third kappa shape index (κ3) is 4.29. The minimum absolute atomic E-state index is 0.0300. The molecule has 3 aromatic carbocycles. The Bertz CT molecular complexity index is 1450. The molecular weight excluding hydrogens is 440 g/mol. The third-order valence-electron chi connectivity index (χ3n) is 5.05. The second-order valence-electron chi connectivity index (χ2n) is 7.13. The molecule has 0 radical (unpaired) electrons. The van der Waals surface area contributed by atoms with E-state index in [2.05, 4.69) is 10.4 Å². The van der Waals surface area contributed by atoms with Gasteiger partial charge >= 0.3 is 0 Å². The monoisotopic (exact) mass is 460 g/mol. The number of ether oxygens (including phenoxy) is 2. The number of carbonyl (C=O) groups excluding carboxylic acids is 1. The number of nitrogens with zero attached hydrogens (tertiary/aromatic N) is 3. The van der Waals surface area contributed by atoms with Crippen molar-refractivity contribution in [1.29, 1.82) is 0 Å². The van der Waals surface area contributed by atoms with Crippen LogP contribution in [0.1, 0.15) is 17.4 Å². The van der Waals surface area contributed by atoms with Gasteiger partial charge in [-0.2, -0.15) is 9.78 Å². The van der Waals surface area contributed by atoms with Crippen LogP contribution in [0.15, 0.2) is 71.5 Å². The number of methoxy groups -OCH3 is 1. The summed E-state index contributed by atoms with van der Waals surface area (Å²) in [6.45, 7) is 2.36. The Kier molecular flexibility index (Phi) is 6.22. The molecule has 4 rings (SSSR count). The molecule has 0 spiro atoms. The Balaban J connectivity index is 1.82. The van der Waals surface area contributed by atoms with E-state index in [0.29, 0.717) is 28.8 Å². The average molecular weight is 460 g/mol. The molecule has 0 aliphatic rings. The molecule has 0 aliphatic heterocycles. The van der Waals surface area contributed by atoms with Crippen molar-refractivity contribution in [2.75, 3.05) is 19.0 Å². The molecule has 4 aromatic rings. The summed E-state index contributed by atoms with van der Waals surface area (Å²) in [4.78, 5) is 37.0. The van der Waals surface area contributed by atoms with E-state index in [9.17, 15) is 19.7 Å². The number of nitro groups is 1. The lowest BCUT2D eigenvalue weighted by molar-refractivity contribution is -0.384. The highest BCUT2D eigenvalue weighted by atomic mass is 16.6. The van der Waals surface area contributed by atoms with Crippen LogP contribution in [0.5, 0.6) is 11.5 Å². The highest BCUT2D eigenvalue weighted by Crippen LogP contribution is 2.29. The van der Waals surface area contributed by atoms with Gasteiger partial charge in [0, 0.05) is 17.5 Å². The van der Waals surface area contributed by atoms with Crippen molar-refractivity contribution in [3.63, 3.8) is 0 Å². The zero-order chi connectivity index (χ0) is 24.2. The van der Waals surface area contributed by atoms with Crippen LogP contribution in [0, 0.1) is 10.1 Å². The van der Waals surface area contributed by atoms with Crippen molar-refractivity contribution in [1.82, 2.24) is 9.78 Å². The van der Waals surface area contributed by atoms with Gasteiger partial charge < -0.3 is 14.8 Å². The Hall–Kier alpha value is -4.73. The fourth-order valence-corrected chi connectivity index (χ4v) is 3.47. The number of rotatable bonds is 7. The highest BCUT2D eigenvalue weighted by Gasteiger charge is 2.20. The molecule has 0 aliphatic carbocycles. The molecule has 1 aromatic heterocycles. The molecule has 0 atom stereocenters. The molecular formula is C24H20N4O6. The number of non-ortho nitro benzene ring substituents is 1. The number of amides is 1. The summed E-state index contributed by atoms with van der Waals surface area (Å²) in [5, 5.41) is 18.8. The Morgan fingerprint density at radius 2 is 1.79 bits per heavy atom. The van der Waals surface area contributed by atoms with Gasteiger partial charge in [-0.3, -0.25) is 19.7 Å². The molecule has 172 valence electrons. The van der Waals surface area contributed by atoms with E-state index < -0.39 is 16.4 Å². The predicted octanol–water partition coefficient (Wildman–Crippen LogP) is 3.95. The van der Waals surface area contributed by atoms with Gasteiger partial charge in [-0.15, -0.1) is 0 Å². The largest absolute Gasteiger partial charge is 0.495 e. The molecule has 0 unspecified atom stereocenters. The van der Waals surface area contributed by atoms with Gasteiger partial charge in [0.2, 0.25) is 0 Å². The van der Waals surface area contributed by atoms with Crippen molar-refractivity contribution in [3.8, 4) is 17.2 Å². The summed E-state index contributed by atoms with van der Waals surface area (Å²) in [7, 11) is 1.39. The van der Waals surface area contributed by atoms with Crippen molar-refractivity contribution in [3.05, 3.63) is 92.9 Å². The van der Waals surface area contributed by atoms with E-state index in [0.717, 1.165) is 4.68 Å². The van der Waals surface area contributed by atoms with Crippen LogP contribution in [0.3, 0.4) is 0 Å². The zero-order valence-corrected chi connectivity index (χ0v) is 18.3. The lowest BCUT2D eigenvalue weighted by atomic mass is 10.1. The number of carbonyl (C=O) groups is 1. The number of hydrogen-bond donors (Lipinski definition) is 1. The molecule has 0 fully saturated rings. The fraction of sp³-hybridized carbons (Fsp3) is 0.125. The smallest absolute Gasteiger partial charge is 0.279 e. The number of anilines is 1. The van der Waals surface area contributed by atoms with Crippen LogP contribution >= 0.6 is 0 Å². The molecule has 1 N–H and O–H groups in total. The van der Waals surface area contributed by atoms with Crippen LogP contribution in [-0.4, -0.2) is 34.3 Å². The van der Waals surface area contributed by atoms with Crippen LogP contribution in [-0.2, 0) is 0 Å². The first kappa shape index (κ1) is 22.5. The van der Waals surface area contributed by atoms with Gasteiger partial charge in [-0.25, -0.2) is 0 Å². The zero-order valence-electron chi connectivity index (χ0n) is 18.3. The lowest BCUT2D eigenvalue weighted by Gasteiger charge is -2.13. The van der Waals surface area contributed by atoms with Crippen molar-refractivity contribution >= 4 is 28.1 Å². The number of benzene rings is 3. The first-order valence-corrected chi connectivity index (χ1v) is 10.3. The topological polar surface area (TPSA) is 126 Å². The molecule has 34 heavy (non-hydrogen) atoms. The number of fused-ring (bicyclic) bond motifs is 1. The Morgan fingerprint density at radius 1 is 1.09 bits per heavy atom. The number of aromatic nitrogens is 2. The standard InChI is InChI=1S/C24H20N4O6/c1-3-34-17-11-8-15(9-12-17)27-24(30)19-7-5-4-6-18(19)22(26-27)23(29)25-20-14-16(28(31)32)10-13-21(20)33-2/h4-14H,3H2,1-2H3,(H,25,29). The Labute approximate surface area is 193 Å². The molecule has 0 saturated carbocycles. The van der Waals surface area contributed by atoms with E-state index in [-0.39, 0.29) is 22.8 Å². The molecule has 0 saturated heterocycles. The van der Waals surface area contributed by atoms with Gasteiger partial charge in [0.1, 0.15) is 11.5 Å². The summed E-state index contributed by atoms with van der Waals surface area (Å²) in [6.07, 6.45) is 0. The van der Waals surface area contributed by atoms with Gasteiger partial charge in [-0.05, 0) is 43.3 Å². The first-order valence-electron chi connectivity index (χ1n) is 10.3. The third-order valence-corrected chi connectivity index (χ3v) is 5.05. The SMILES string of the molecule is CCOc1ccc(-n2nc(C(=O)Nc3cc([N+](=O)[O-])ccc3OC)c3ccccc3c2=O)cc1. The first-order chi connectivity index (χ1) is 16.4. The van der Waals surface area contributed by atoms with Crippen molar-refractivity contribution < 1.29 is 19.2 Å². The highest BCUT2D eigenvalue weighted by molar-refractivity contribution is 6.11. The summed E-state index contributed by atoms with van der Waals surface area (Å²) in [5.74, 6) is 0.216. The van der Waals surface area contributed by atoms with Gasteiger partial charge in [0.15, 0.2) is 5.69 Å². The van der Waals surface area contributed by atoms with Gasteiger partial charge in [0.05, 0.1) is 35.4 Å². The van der Waals surface area contributed by atoms with Crippen LogP contribution < -0.4 is 20.3 Å². The van der Waals surface area contributed by atoms with Crippen LogP contribution in [0.25, 0.3) is 16.5 Å². The lowest BCUT2D eigenvalue weighted by Crippen LogP contribution is -2.26. The maximum absolute atomic E-state index is 13.3. The second kappa shape index (κ2) is 9.41. The molecule has 1 heterocycles. The van der Waals surface area contributed by atoms with Crippen LogP contribution in [0.4, 0.5) is 11.4 Å². The predicted molar refractivity (Wildman–Crippen MR) is 126 cm³/mol. The van der Waals surface area contributed by atoms with Crippen molar-refractivity contribution in [2.24, 2.45) is 0 Å². The Morgan fingerprint density at radius 3 is 2.44 bits per heavy atom. The van der Waals surface area contributed by atoms with E-state index in [1.54, 1.807) is 48.5 Å². The molecule has 10 heteroatoms. The average Bonchev–Trinajstić information content (AvgIpc) is 2.85. The molecule has 0 bridgehead atoms. The molecule has 1 amide bonds. The number of hydrogen-bond acceptors (Lipinski definition) is 7. The van der Waals surface area contributed by atoms with Crippen molar-refractivity contribution in [2.45, 2.75) is 6.92 Å². The van der Waals surface area contributed by atoms with E-state index >= 15 is 0 Å². The van der Waals surface area contributed by atoms with Gasteiger partial charge in [-0.1, -0.05) is 18.2 Å². The van der Waals surface area contributed by atoms with E-state index in [1.165, 1.54) is 25.3 Å². The second-order valence-corrected chi connectivity index (χ2v) is 7.13. The maximum atomic E-state index is 13.3. The molecule has 10 nitrogen and oxygen atoms in total.